The van der Waals surface area contributed by atoms with Gasteiger partial charge in [0.25, 0.3) is 0 Å². The van der Waals surface area contributed by atoms with Crippen LogP contribution >= 0.6 is 0 Å². The lowest BCUT2D eigenvalue weighted by atomic mass is 9.83. The molecule has 2 aromatic rings. The highest BCUT2D eigenvalue weighted by Gasteiger charge is 2.89. The molecule has 0 bridgehead atoms. The number of carbonyl (C=O) groups excluding carboxylic acids is 2. The number of esters is 1. The lowest BCUT2D eigenvalue weighted by Crippen LogP contribution is -2.39. The van der Waals surface area contributed by atoms with E-state index < -0.39 is 28.7 Å². The second-order valence-corrected chi connectivity index (χ2v) is 6.99. The molecule has 0 saturated heterocycles. The third-order valence-electron chi connectivity index (χ3n) is 5.91. The first-order valence-corrected chi connectivity index (χ1v) is 8.57. The summed E-state index contributed by atoms with van der Waals surface area (Å²) in [6.45, 7) is 3.66. The Morgan fingerprint density at radius 3 is 2.38 bits per heavy atom. The number of para-hydroxylation sites is 1. The summed E-state index contributed by atoms with van der Waals surface area (Å²) in [7, 11) is 0. The second-order valence-electron chi connectivity index (χ2n) is 6.99. The molecule has 5 heteroatoms. The smallest absolute Gasteiger partial charge is 0.330 e. The van der Waals surface area contributed by atoms with Gasteiger partial charge < -0.3 is 9.84 Å². The average Bonchev–Trinajstić information content (AvgIpc) is 3.29. The molecule has 5 nitrogen and oxygen atoms in total. The molecule has 0 radical (unpaired) electrons. The van der Waals surface area contributed by atoms with E-state index in [-0.39, 0.29) is 12.2 Å². The van der Waals surface area contributed by atoms with Gasteiger partial charge in [-0.25, -0.2) is 0 Å². The van der Waals surface area contributed by atoms with Gasteiger partial charge in [-0.3, -0.25) is 14.4 Å². The van der Waals surface area contributed by atoms with Gasteiger partial charge in [-0.05, 0) is 19.4 Å². The van der Waals surface area contributed by atoms with E-state index in [2.05, 4.69) is 0 Å². The van der Waals surface area contributed by atoms with Crippen molar-refractivity contribution >= 4 is 17.7 Å². The Kier molecular flexibility index (Phi) is 3.35. The lowest BCUT2D eigenvalue weighted by Gasteiger charge is -2.20. The number of carboxylic acids is 1. The number of ketones is 1. The van der Waals surface area contributed by atoms with Crippen LogP contribution in [0.25, 0.3) is 0 Å². The van der Waals surface area contributed by atoms with E-state index in [1.807, 2.05) is 19.1 Å². The Balaban J connectivity index is 1.93. The fourth-order valence-corrected chi connectivity index (χ4v) is 4.64. The van der Waals surface area contributed by atoms with Crippen LogP contribution in [0.3, 0.4) is 0 Å². The van der Waals surface area contributed by atoms with Crippen LogP contribution in [-0.4, -0.2) is 22.8 Å². The maximum absolute atomic E-state index is 13.4. The first kappa shape index (κ1) is 16.5. The van der Waals surface area contributed by atoms with Crippen molar-refractivity contribution in [1.29, 1.82) is 0 Å². The maximum atomic E-state index is 13.4. The number of hydrogen-bond acceptors (Lipinski definition) is 4. The third-order valence-corrected chi connectivity index (χ3v) is 5.91. The fourth-order valence-electron chi connectivity index (χ4n) is 4.64. The molecule has 2 aliphatic rings. The minimum Gasteiger partial charge on any atom is -0.480 e. The van der Waals surface area contributed by atoms with Crippen molar-refractivity contribution in [2.24, 2.45) is 10.8 Å². The first-order valence-electron chi connectivity index (χ1n) is 8.57. The Morgan fingerprint density at radius 1 is 1.12 bits per heavy atom. The SMILES string of the molecule is CC[C@@]1(C(=O)c2ccc(C)cc2)[C@@H]2c3ccccc3OC(=O)[C@@]21C(=O)O. The highest BCUT2D eigenvalue weighted by molar-refractivity contribution is 6.19. The quantitative estimate of drug-likeness (QED) is 0.396. The number of Topliss-reactive ketones (excluding diaryl/α,β-unsaturated/α-hetero) is 1. The summed E-state index contributed by atoms with van der Waals surface area (Å²) in [6.07, 6.45) is 0.236. The van der Waals surface area contributed by atoms with E-state index in [1.54, 1.807) is 43.3 Å². The highest BCUT2D eigenvalue weighted by atomic mass is 16.5. The first-order chi connectivity index (χ1) is 12.4. The number of ether oxygens (including phenoxy) is 1. The van der Waals surface area contributed by atoms with Crippen LogP contribution in [0.5, 0.6) is 5.75 Å². The van der Waals surface area contributed by atoms with Crippen LogP contribution in [0.4, 0.5) is 0 Å². The van der Waals surface area contributed by atoms with Gasteiger partial charge in [-0.15, -0.1) is 0 Å². The Morgan fingerprint density at radius 2 is 1.77 bits per heavy atom. The zero-order chi connectivity index (χ0) is 18.7. The van der Waals surface area contributed by atoms with Crippen LogP contribution in [0, 0.1) is 17.8 Å². The van der Waals surface area contributed by atoms with E-state index in [0.29, 0.717) is 16.9 Å². The molecule has 1 aliphatic heterocycles. The van der Waals surface area contributed by atoms with Crippen molar-refractivity contribution in [3.63, 3.8) is 0 Å². The molecule has 1 heterocycles. The highest BCUT2D eigenvalue weighted by Crippen LogP contribution is 2.79. The standard InChI is InChI=1S/C21H18O5/c1-3-20(17(22)13-10-8-12(2)9-11-13)16-14-6-4-5-7-15(14)26-19(25)21(16,20)18(23)24/h4-11,16H,3H2,1-2H3,(H,23,24)/t16-,20-,21-/m0/s1. The predicted octanol–water partition coefficient (Wildman–Crippen LogP) is 3.36. The molecule has 2 aromatic carbocycles. The monoisotopic (exact) mass is 350 g/mol. The predicted molar refractivity (Wildman–Crippen MR) is 93.1 cm³/mol. The van der Waals surface area contributed by atoms with Gasteiger partial charge in [0.2, 0.25) is 0 Å². The van der Waals surface area contributed by atoms with Crippen molar-refractivity contribution in [2.75, 3.05) is 0 Å². The Hall–Kier alpha value is -2.95. The summed E-state index contributed by atoms with van der Waals surface area (Å²) in [5.74, 6) is -2.85. The molecule has 0 unspecified atom stereocenters. The molecule has 0 aromatic heterocycles. The number of benzene rings is 2. The van der Waals surface area contributed by atoms with Gasteiger partial charge in [0, 0.05) is 17.0 Å². The number of hydrogen-bond donors (Lipinski definition) is 1. The van der Waals surface area contributed by atoms with Crippen LogP contribution < -0.4 is 4.74 Å². The van der Waals surface area contributed by atoms with Crippen molar-refractivity contribution < 1.29 is 24.2 Å². The van der Waals surface area contributed by atoms with Crippen molar-refractivity contribution in [1.82, 2.24) is 0 Å². The lowest BCUT2D eigenvalue weighted by molar-refractivity contribution is -0.158. The number of carbonyl (C=O) groups is 3. The van der Waals surface area contributed by atoms with Crippen molar-refractivity contribution in [3.05, 3.63) is 65.2 Å². The van der Waals surface area contributed by atoms with E-state index in [4.69, 9.17) is 4.74 Å². The van der Waals surface area contributed by atoms with E-state index in [0.717, 1.165) is 5.56 Å². The molecule has 4 rings (SSSR count). The van der Waals surface area contributed by atoms with Crippen LogP contribution in [0.2, 0.25) is 0 Å². The van der Waals surface area contributed by atoms with Crippen molar-refractivity contribution in [2.45, 2.75) is 26.2 Å². The van der Waals surface area contributed by atoms with Crippen LogP contribution in [-0.2, 0) is 9.59 Å². The fraction of sp³-hybridized carbons (Fsp3) is 0.286. The van der Waals surface area contributed by atoms with Crippen LogP contribution in [0.15, 0.2) is 48.5 Å². The van der Waals surface area contributed by atoms with Gasteiger partial charge in [0.1, 0.15) is 5.75 Å². The number of carboxylic acid groups (broad SMARTS) is 1. The molecule has 132 valence electrons. The largest absolute Gasteiger partial charge is 0.480 e. The van der Waals surface area contributed by atoms with E-state index >= 15 is 0 Å². The summed E-state index contributed by atoms with van der Waals surface area (Å²) >= 11 is 0. The Bertz CT molecular complexity index is 945. The zero-order valence-corrected chi connectivity index (χ0v) is 14.5. The van der Waals surface area contributed by atoms with Gasteiger partial charge in [0.15, 0.2) is 11.2 Å². The van der Waals surface area contributed by atoms with Gasteiger partial charge in [-0.2, -0.15) is 0 Å². The molecule has 26 heavy (non-hydrogen) atoms. The number of fused-ring (bicyclic) bond motifs is 3. The summed E-state index contributed by atoms with van der Waals surface area (Å²) < 4.78 is 5.34. The van der Waals surface area contributed by atoms with E-state index in [9.17, 15) is 19.5 Å². The van der Waals surface area contributed by atoms with Gasteiger partial charge in [0.05, 0.1) is 5.41 Å². The molecule has 0 amide bonds. The molecule has 1 saturated carbocycles. The molecule has 1 N–H and O–H groups in total. The van der Waals surface area contributed by atoms with Crippen LogP contribution in [0.1, 0.15) is 40.7 Å². The van der Waals surface area contributed by atoms with Gasteiger partial charge >= 0.3 is 11.9 Å². The molecule has 0 spiro atoms. The third kappa shape index (κ3) is 1.72. The molecule has 3 atom stereocenters. The number of aliphatic carboxylic acids is 1. The molecular formula is C21H18O5. The topological polar surface area (TPSA) is 80.7 Å². The zero-order valence-electron chi connectivity index (χ0n) is 14.5. The maximum Gasteiger partial charge on any atom is 0.330 e. The minimum absolute atomic E-state index is 0.236. The van der Waals surface area contributed by atoms with Crippen molar-refractivity contribution in [3.8, 4) is 5.75 Å². The summed E-state index contributed by atoms with van der Waals surface area (Å²) in [6, 6.07) is 13.8. The molecular weight excluding hydrogens is 332 g/mol. The Labute approximate surface area is 150 Å². The summed E-state index contributed by atoms with van der Waals surface area (Å²) in [4.78, 5) is 38.5. The molecule has 1 fully saturated rings. The minimum atomic E-state index is -1.86. The summed E-state index contributed by atoms with van der Waals surface area (Å²) in [5.41, 5.74) is -1.18. The molecule has 1 aliphatic carbocycles. The van der Waals surface area contributed by atoms with E-state index in [1.165, 1.54) is 0 Å². The number of rotatable bonds is 4. The summed E-state index contributed by atoms with van der Waals surface area (Å²) in [5, 5.41) is 9.99. The second kappa shape index (κ2) is 5.27. The normalized spacial score (nSPS) is 28.5. The van der Waals surface area contributed by atoms with Gasteiger partial charge in [-0.1, -0.05) is 55.0 Å². The average molecular weight is 350 g/mol. The number of aryl methyl sites for hydroxylation is 1.